The Labute approximate surface area is 147 Å². The number of rotatable bonds is 5. The second-order valence-electron chi connectivity index (χ2n) is 5.21. The van der Waals surface area contributed by atoms with Gasteiger partial charge in [0.25, 0.3) is 5.69 Å². The fourth-order valence-electron chi connectivity index (χ4n) is 2.47. The van der Waals surface area contributed by atoms with Gasteiger partial charge in [-0.15, -0.1) is 0 Å². The van der Waals surface area contributed by atoms with Crippen LogP contribution in [0.3, 0.4) is 0 Å². The van der Waals surface area contributed by atoms with Gasteiger partial charge in [0.2, 0.25) is 0 Å². The summed E-state index contributed by atoms with van der Waals surface area (Å²) in [4.78, 5) is 25.5. The van der Waals surface area contributed by atoms with Crippen LogP contribution in [0.4, 0.5) is 17.1 Å². The number of hydrogen-bond donors (Lipinski definition) is 2. The number of carbonyl (C=O) groups is 1. The molecule has 7 nitrogen and oxygen atoms in total. The van der Waals surface area contributed by atoms with Crippen LogP contribution >= 0.6 is 11.6 Å². The second-order valence-corrected chi connectivity index (χ2v) is 5.65. The second kappa shape index (κ2) is 6.82. The van der Waals surface area contributed by atoms with E-state index >= 15 is 0 Å². The molecular formula is C17H14ClN3O4. The van der Waals surface area contributed by atoms with Crippen LogP contribution < -0.4 is 5.32 Å². The van der Waals surface area contributed by atoms with Crippen molar-refractivity contribution in [2.45, 2.75) is 6.92 Å². The van der Waals surface area contributed by atoms with E-state index in [0.29, 0.717) is 16.1 Å². The normalized spacial score (nSPS) is 10.6. The summed E-state index contributed by atoms with van der Waals surface area (Å²) in [5.74, 6) is -0.564. The van der Waals surface area contributed by atoms with E-state index in [2.05, 4.69) is 10.3 Å². The number of benzene rings is 2. The predicted molar refractivity (Wildman–Crippen MR) is 95.6 cm³/mol. The number of anilines is 2. The molecule has 0 radical (unpaired) electrons. The molecule has 128 valence electrons. The molecule has 0 aliphatic heterocycles. The Kier molecular flexibility index (Phi) is 4.58. The van der Waals surface area contributed by atoms with Crippen molar-refractivity contribution < 1.29 is 14.5 Å². The summed E-state index contributed by atoms with van der Waals surface area (Å²) in [6.07, 6.45) is 0. The van der Waals surface area contributed by atoms with Gasteiger partial charge in [0.15, 0.2) is 0 Å². The standard InChI is InChI=1S/C17H14ClN3O4/c1-2-25-17(22)14-9-12-13(19-11-5-3-10(18)4-6-11)7-8-15(21(23)24)16(12)20-14/h3-9,19-20H,2H2,1H3. The summed E-state index contributed by atoms with van der Waals surface area (Å²) in [5, 5.41) is 15.6. The molecule has 0 atom stereocenters. The molecule has 0 saturated heterocycles. The molecule has 0 amide bonds. The highest BCUT2D eigenvalue weighted by Crippen LogP contribution is 2.34. The first-order valence-electron chi connectivity index (χ1n) is 7.49. The topological polar surface area (TPSA) is 97.3 Å². The predicted octanol–water partition coefficient (Wildman–Crippen LogP) is 4.65. The van der Waals surface area contributed by atoms with Gasteiger partial charge in [-0.2, -0.15) is 0 Å². The van der Waals surface area contributed by atoms with E-state index in [9.17, 15) is 14.9 Å². The number of halogens is 1. The van der Waals surface area contributed by atoms with Gasteiger partial charge >= 0.3 is 5.97 Å². The Bertz CT molecular complexity index is 950. The Morgan fingerprint density at radius 1 is 1.28 bits per heavy atom. The molecule has 0 bridgehead atoms. The highest BCUT2D eigenvalue weighted by molar-refractivity contribution is 6.30. The van der Waals surface area contributed by atoms with E-state index in [-0.39, 0.29) is 23.5 Å². The molecule has 2 aromatic carbocycles. The highest BCUT2D eigenvalue weighted by atomic mass is 35.5. The summed E-state index contributed by atoms with van der Waals surface area (Å²) in [6, 6.07) is 11.5. The van der Waals surface area contributed by atoms with E-state index in [1.54, 1.807) is 43.3 Å². The molecule has 25 heavy (non-hydrogen) atoms. The highest BCUT2D eigenvalue weighted by Gasteiger charge is 2.20. The molecule has 0 saturated carbocycles. The maximum Gasteiger partial charge on any atom is 0.354 e. The largest absolute Gasteiger partial charge is 0.461 e. The van der Waals surface area contributed by atoms with Gasteiger partial charge in [0, 0.05) is 27.8 Å². The number of esters is 1. The summed E-state index contributed by atoms with van der Waals surface area (Å²) >= 11 is 5.87. The zero-order valence-electron chi connectivity index (χ0n) is 13.2. The molecule has 8 heteroatoms. The number of H-pyrrole nitrogens is 1. The van der Waals surface area contributed by atoms with Crippen molar-refractivity contribution >= 4 is 45.5 Å². The molecule has 1 heterocycles. The summed E-state index contributed by atoms with van der Waals surface area (Å²) in [7, 11) is 0. The van der Waals surface area contributed by atoms with Gasteiger partial charge < -0.3 is 15.0 Å². The lowest BCUT2D eigenvalue weighted by Crippen LogP contribution is -2.04. The summed E-state index contributed by atoms with van der Waals surface area (Å²) in [6.45, 7) is 1.91. The zero-order valence-corrected chi connectivity index (χ0v) is 14.0. The fourth-order valence-corrected chi connectivity index (χ4v) is 2.60. The van der Waals surface area contributed by atoms with Crippen LogP contribution in [0.1, 0.15) is 17.4 Å². The van der Waals surface area contributed by atoms with Crippen molar-refractivity contribution in [1.29, 1.82) is 0 Å². The Hall–Kier alpha value is -3.06. The number of hydrogen-bond acceptors (Lipinski definition) is 5. The van der Waals surface area contributed by atoms with Crippen molar-refractivity contribution in [2.75, 3.05) is 11.9 Å². The number of ether oxygens (including phenoxy) is 1. The molecule has 0 fully saturated rings. The summed E-state index contributed by atoms with van der Waals surface area (Å²) in [5.41, 5.74) is 1.68. The minimum atomic E-state index is -0.564. The lowest BCUT2D eigenvalue weighted by atomic mass is 10.1. The average molecular weight is 360 g/mol. The van der Waals surface area contributed by atoms with Crippen molar-refractivity contribution in [1.82, 2.24) is 4.98 Å². The monoisotopic (exact) mass is 359 g/mol. The van der Waals surface area contributed by atoms with Gasteiger partial charge in [-0.3, -0.25) is 10.1 Å². The lowest BCUT2D eigenvalue weighted by molar-refractivity contribution is -0.383. The Morgan fingerprint density at radius 3 is 2.64 bits per heavy atom. The maximum absolute atomic E-state index is 11.9. The van der Waals surface area contributed by atoms with E-state index in [4.69, 9.17) is 16.3 Å². The Morgan fingerprint density at radius 2 is 2.00 bits per heavy atom. The number of nitrogens with zero attached hydrogens (tertiary/aromatic N) is 1. The third-order valence-corrected chi connectivity index (χ3v) is 3.84. The number of carbonyl (C=O) groups excluding carboxylic acids is 1. The lowest BCUT2D eigenvalue weighted by Gasteiger charge is -2.08. The van der Waals surface area contributed by atoms with E-state index in [0.717, 1.165) is 5.69 Å². The van der Waals surface area contributed by atoms with Crippen molar-refractivity contribution in [2.24, 2.45) is 0 Å². The average Bonchev–Trinajstić information content (AvgIpc) is 3.03. The maximum atomic E-state index is 11.9. The van der Waals surface area contributed by atoms with E-state index in [1.807, 2.05) is 0 Å². The number of nitro groups is 1. The van der Waals surface area contributed by atoms with Gasteiger partial charge in [-0.05, 0) is 43.3 Å². The van der Waals surface area contributed by atoms with Crippen LogP contribution in [0.15, 0.2) is 42.5 Å². The van der Waals surface area contributed by atoms with Crippen LogP contribution in [-0.2, 0) is 4.74 Å². The molecule has 1 aromatic heterocycles. The quantitative estimate of drug-likeness (QED) is 0.392. The smallest absolute Gasteiger partial charge is 0.354 e. The van der Waals surface area contributed by atoms with Gasteiger partial charge in [-0.1, -0.05) is 11.6 Å². The van der Waals surface area contributed by atoms with E-state index < -0.39 is 10.9 Å². The van der Waals surface area contributed by atoms with Gasteiger partial charge in [-0.25, -0.2) is 4.79 Å². The molecule has 0 unspecified atom stereocenters. The number of non-ortho nitro benzene ring substituents is 1. The zero-order chi connectivity index (χ0) is 18.0. The van der Waals surface area contributed by atoms with Gasteiger partial charge in [0.05, 0.1) is 11.5 Å². The SMILES string of the molecule is CCOC(=O)c1cc2c(Nc3ccc(Cl)cc3)ccc([N+](=O)[O-])c2[nH]1. The van der Waals surface area contributed by atoms with Crippen LogP contribution in [0, 0.1) is 10.1 Å². The van der Waals surface area contributed by atoms with Crippen molar-refractivity contribution in [3.05, 3.63) is 63.3 Å². The third kappa shape index (κ3) is 3.41. The van der Waals surface area contributed by atoms with Crippen LogP contribution in [0.5, 0.6) is 0 Å². The molecule has 0 spiro atoms. The molecule has 3 aromatic rings. The molecule has 0 aliphatic rings. The molecule has 3 rings (SSSR count). The number of aromatic nitrogens is 1. The van der Waals surface area contributed by atoms with Crippen LogP contribution in [0.25, 0.3) is 10.9 Å². The van der Waals surface area contributed by atoms with Crippen LogP contribution in [0.2, 0.25) is 5.02 Å². The van der Waals surface area contributed by atoms with Gasteiger partial charge in [0.1, 0.15) is 11.2 Å². The minimum Gasteiger partial charge on any atom is -0.461 e. The van der Waals surface area contributed by atoms with Crippen molar-refractivity contribution in [3.63, 3.8) is 0 Å². The molecular weight excluding hydrogens is 346 g/mol. The first-order chi connectivity index (χ1) is 12.0. The minimum absolute atomic E-state index is 0.118. The summed E-state index contributed by atoms with van der Waals surface area (Å²) < 4.78 is 4.95. The first-order valence-corrected chi connectivity index (χ1v) is 7.87. The number of nitro benzene ring substituents is 1. The molecule has 2 N–H and O–H groups in total. The number of fused-ring (bicyclic) bond motifs is 1. The Balaban J connectivity index is 2.09. The molecule has 0 aliphatic carbocycles. The van der Waals surface area contributed by atoms with E-state index in [1.165, 1.54) is 6.07 Å². The van der Waals surface area contributed by atoms with Crippen molar-refractivity contribution in [3.8, 4) is 0 Å². The number of aromatic amines is 1. The first kappa shape index (κ1) is 16.8. The number of nitrogens with one attached hydrogen (secondary N) is 2. The fraction of sp³-hybridized carbons (Fsp3) is 0.118. The third-order valence-electron chi connectivity index (χ3n) is 3.59. The van der Waals surface area contributed by atoms with Crippen LogP contribution in [-0.4, -0.2) is 22.5 Å².